The summed E-state index contributed by atoms with van der Waals surface area (Å²) in [6, 6.07) is 10.6. The van der Waals surface area contributed by atoms with Crippen LogP contribution in [-0.2, 0) is 14.8 Å². The molecule has 3 heterocycles. The molecule has 0 radical (unpaired) electrons. The lowest BCUT2D eigenvalue weighted by Crippen LogP contribution is -2.43. The van der Waals surface area contributed by atoms with Gasteiger partial charge < -0.3 is 5.32 Å². The first-order valence-electron chi connectivity index (χ1n) is 9.82. The van der Waals surface area contributed by atoms with Crippen molar-refractivity contribution in [2.45, 2.75) is 24.7 Å². The van der Waals surface area contributed by atoms with Crippen molar-refractivity contribution in [2.24, 2.45) is 5.92 Å². The highest BCUT2D eigenvalue weighted by Gasteiger charge is 2.35. The molecule has 0 aliphatic carbocycles. The van der Waals surface area contributed by atoms with E-state index in [-0.39, 0.29) is 22.9 Å². The number of carbonyl (C=O) groups is 1. The minimum atomic E-state index is -3.85. The normalized spacial score (nSPS) is 17.9. The van der Waals surface area contributed by atoms with Crippen LogP contribution in [-0.4, -0.2) is 47.0 Å². The number of anilines is 1. The van der Waals surface area contributed by atoms with E-state index in [0.717, 1.165) is 15.8 Å². The zero-order valence-electron chi connectivity index (χ0n) is 16.6. The van der Waals surface area contributed by atoms with Crippen LogP contribution in [0.25, 0.3) is 21.3 Å². The first-order valence-corrected chi connectivity index (χ1v) is 12.1. The number of hydrogen-bond donors (Lipinski definition) is 1. The second kappa shape index (κ2) is 7.66. The van der Waals surface area contributed by atoms with Crippen LogP contribution in [0, 0.1) is 12.8 Å². The quantitative estimate of drug-likeness (QED) is 0.500. The highest BCUT2D eigenvalue weighted by molar-refractivity contribution is 7.89. The Labute approximate surface area is 182 Å². The number of sulfonamides is 1. The molecule has 1 N–H and O–H groups in total. The maximum absolute atomic E-state index is 13.3. The summed E-state index contributed by atoms with van der Waals surface area (Å²) in [4.78, 5) is 17.5. The number of rotatable bonds is 4. The first-order chi connectivity index (χ1) is 14.9. The molecule has 1 amide bonds. The number of piperidine rings is 1. The van der Waals surface area contributed by atoms with Gasteiger partial charge in [-0.25, -0.2) is 18.0 Å². The van der Waals surface area contributed by atoms with Crippen LogP contribution in [0.3, 0.4) is 0 Å². The van der Waals surface area contributed by atoms with E-state index in [1.165, 1.54) is 21.7 Å². The van der Waals surface area contributed by atoms with Crippen molar-refractivity contribution in [3.63, 3.8) is 0 Å². The van der Waals surface area contributed by atoms with Gasteiger partial charge in [0.1, 0.15) is 10.4 Å². The maximum atomic E-state index is 13.3. The third-order valence-corrected chi connectivity index (χ3v) is 8.31. The molecule has 0 bridgehead atoms. The number of nitrogens with zero attached hydrogens (tertiary/aromatic N) is 4. The van der Waals surface area contributed by atoms with E-state index in [4.69, 9.17) is 4.63 Å². The molecule has 1 fully saturated rings. The van der Waals surface area contributed by atoms with Crippen molar-refractivity contribution in [2.75, 3.05) is 18.4 Å². The van der Waals surface area contributed by atoms with E-state index >= 15 is 0 Å². The number of aromatic nitrogens is 3. The molecule has 0 spiro atoms. The SMILES string of the molecule is Cc1cccc2sc(NC(=O)[C@H]3CCCN(S(=O)(=O)c4cccc5nonc45)C3)nc12. The lowest BCUT2D eigenvalue weighted by atomic mass is 9.99. The summed E-state index contributed by atoms with van der Waals surface area (Å²) < 4.78 is 33.5. The van der Waals surface area contributed by atoms with Crippen molar-refractivity contribution in [1.29, 1.82) is 0 Å². The third-order valence-electron chi connectivity index (χ3n) is 5.47. The number of thiazole rings is 1. The van der Waals surface area contributed by atoms with Crippen molar-refractivity contribution in [3.8, 4) is 0 Å². The predicted molar refractivity (Wildman–Crippen MR) is 116 cm³/mol. The summed E-state index contributed by atoms with van der Waals surface area (Å²) >= 11 is 1.41. The molecular formula is C20H19N5O4S2. The molecule has 1 atom stereocenters. The van der Waals surface area contributed by atoms with Crippen LogP contribution in [0.15, 0.2) is 45.9 Å². The van der Waals surface area contributed by atoms with Crippen molar-refractivity contribution in [1.82, 2.24) is 19.6 Å². The van der Waals surface area contributed by atoms with Crippen LogP contribution < -0.4 is 5.32 Å². The standard InChI is InChI=1S/C20H19N5O4S2/c1-12-5-2-8-15-17(12)21-20(30-15)22-19(26)13-6-4-10-25(11-13)31(27,28)16-9-3-7-14-18(16)24-29-23-14/h2-3,5,7-9,13H,4,6,10-11H2,1H3,(H,21,22,26)/t13-/m0/s1. The fourth-order valence-electron chi connectivity index (χ4n) is 3.85. The van der Waals surface area contributed by atoms with Crippen LogP contribution in [0.1, 0.15) is 18.4 Å². The summed E-state index contributed by atoms with van der Waals surface area (Å²) in [6.45, 7) is 2.41. The molecule has 5 rings (SSSR count). The van der Waals surface area contributed by atoms with Gasteiger partial charge in [0.2, 0.25) is 15.9 Å². The van der Waals surface area contributed by atoms with E-state index in [1.54, 1.807) is 12.1 Å². The van der Waals surface area contributed by atoms with Gasteiger partial charge in [-0.05, 0) is 53.8 Å². The predicted octanol–water partition coefficient (Wildman–Crippen LogP) is 3.18. The molecule has 0 saturated carbocycles. The van der Waals surface area contributed by atoms with Crippen LogP contribution in [0.4, 0.5) is 5.13 Å². The van der Waals surface area contributed by atoms with Gasteiger partial charge in [-0.15, -0.1) is 0 Å². The van der Waals surface area contributed by atoms with Gasteiger partial charge in [0.05, 0.1) is 16.1 Å². The fourth-order valence-corrected chi connectivity index (χ4v) is 6.46. The van der Waals surface area contributed by atoms with Gasteiger partial charge in [0.25, 0.3) is 0 Å². The largest absolute Gasteiger partial charge is 0.302 e. The van der Waals surface area contributed by atoms with Gasteiger partial charge in [-0.1, -0.05) is 29.5 Å². The molecule has 11 heteroatoms. The Morgan fingerprint density at radius 1 is 1.19 bits per heavy atom. The number of carbonyl (C=O) groups excluding carboxylic acids is 1. The van der Waals surface area contributed by atoms with Crippen LogP contribution >= 0.6 is 11.3 Å². The number of fused-ring (bicyclic) bond motifs is 2. The Balaban J connectivity index is 1.36. The monoisotopic (exact) mass is 457 g/mol. The lowest BCUT2D eigenvalue weighted by Gasteiger charge is -2.31. The lowest BCUT2D eigenvalue weighted by molar-refractivity contribution is -0.120. The van der Waals surface area contributed by atoms with E-state index in [2.05, 4.69) is 20.6 Å². The van der Waals surface area contributed by atoms with Gasteiger partial charge in [0.15, 0.2) is 10.6 Å². The van der Waals surface area contributed by atoms with Gasteiger partial charge in [-0.2, -0.15) is 4.31 Å². The topological polar surface area (TPSA) is 118 Å². The second-order valence-corrected chi connectivity index (χ2v) is 10.5. The molecule has 4 aromatic rings. The van der Waals surface area contributed by atoms with Gasteiger partial charge >= 0.3 is 0 Å². The molecule has 160 valence electrons. The van der Waals surface area contributed by atoms with E-state index in [1.807, 2.05) is 25.1 Å². The molecule has 1 aliphatic heterocycles. The average Bonchev–Trinajstić information content (AvgIpc) is 3.41. The Morgan fingerprint density at radius 2 is 2.03 bits per heavy atom. The summed E-state index contributed by atoms with van der Waals surface area (Å²) in [5, 5.41) is 10.8. The maximum Gasteiger partial charge on any atom is 0.245 e. The van der Waals surface area contributed by atoms with E-state index in [9.17, 15) is 13.2 Å². The zero-order chi connectivity index (χ0) is 21.6. The molecule has 9 nitrogen and oxygen atoms in total. The number of nitrogens with one attached hydrogen (secondary N) is 1. The molecule has 1 saturated heterocycles. The van der Waals surface area contributed by atoms with Crippen molar-refractivity contribution in [3.05, 3.63) is 42.0 Å². The minimum Gasteiger partial charge on any atom is -0.302 e. The Morgan fingerprint density at radius 3 is 2.87 bits per heavy atom. The van der Waals surface area contributed by atoms with Crippen molar-refractivity contribution >= 4 is 53.6 Å². The fraction of sp³-hybridized carbons (Fsp3) is 0.300. The van der Waals surface area contributed by atoms with Gasteiger partial charge in [0, 0.05) is 13.1 Å². The summed E-state index contributed by atoms with van der Waals surface area (Å²) in [5.41, 5.74) is 2.48. The zero-order valence-corrected chi connectivity index (χ0v) is 18.2. The van der Waals surface area contributed by atoms with Gasteiger partial charge in [-0.3, -0.25) is 4.79 Å². The highest BCUT2D eigenvalue weighted by atomic mass is 32.2. The summed E-state index contributed by atoms with van der Waals surface area (Å²) in [5.74, 6) is -0.691. The number of amides is 1. The molecular weight excluding hydrogens is 438 g/mol. The molecule has 2 aromatic heterocycles. The highest BCUT2D eigenvalue weighted by Crippen LogP contribution is 2.30. The third kappa shape index (κ3) is 3.58. The number of hydrogen-bond acceptors (Lipinski definition) is 8. The summed E-state index contributed by atoms with van der Waals surface area (Å²) in [7, 11) is -3.85. The smallest absolute Gasteiger partial charge is 0.245 e. The Kier molecular flexibility index (Phi) is 4.95. The molecule has 0 unspecified atom stereocenters. The minimum absolute atomic E-state index is 0.0361. The molecule has 1 aliphatic rings. The van der Waals surface area contributed by atoms with Crippen molar-refractivity contribution < 1.29 is 17.8 Å². The Hall–Kier alpha value is -2.89. The first kappa shape index (κ1) is 20.0. The number of benzene rings is 2. The van der Waals surface area contributed by atoms with Crippen LogP contribution in [0.5, 0.6) is 0 Å². The van der Waals surface area contributed by atoms with E-state index in [0.29, 0.717) is 30.0 Å². The van der Waals surface area contributed by atoms with Crippen LogP contribution in [0.2, 0.25) is 0 Å². The Bertz CT molecular complexity index is 1400. The second-order valence-electron chi connectivity index (χ2n) is 7.52. The van der Waals surface area contributed by atoms with E-state index < -0.39 is 15.9 Å². The average molecular weight is 458 g/mol. The molecule has 31 heavy (non-hydrogen) atoms. The summed E-state index contributed by atoms with van der Waals surface area (Å²) in [6.07, 6.45) is 1.20. The number of aryl methyl sites for hydroxylation is 1. The molecule has 2 aromatic carbocycles. The number of para-hydroxylation sites is 1.